The highest BCUT2D eigenvalue weighted by molar-refractivity contribution is 9.10. The molecule has 2 aliphatic heterocycles. The minimum Gasteiger partial charge on any atom is -0.486 e. The molecule has 1 amide bonds. The van der Waals surface area contributed by atoms with Gasteiger partial charge in [0, 0.05) is 12.5 Å². The van der Waals surface area contributed by atoms with Gasteiger partial charge in [0.15, 0.2) is 11.5 Å². The van der Waals surface area contributed by atoms with E-state index in [-0.39, 0.29) is 11.9 Å². The van der Waals surface area contributed by atoms with Gasteiger partial charge in [-0.15, -0.1) is 0 Å². The van der Waals surface area contributed by atoms with Crippen LogP contribution in [0.3, 0.4) is 0 Å². The van der Waals surface area contributed by atoms with Crippen LogP contribution in [0.25, 0.3) is 0 Å². The fourth-order valence-corrected chi connectivity index (χ4v) is 3.00. The molecule has 1 saturated heterocycles. The number of hydrogen-bond donors (Lipinski definition) is 1. The summed E-state index contributed by atoms with van der Waals surface area (Å²) >= 11 is 3.50. The molecule has 0 bridgehead atoms. The van der Waals surface area contributed by atoms with E-state index in [1.165, 1.54) is 0 Å². The molecule has 96 valence electrons. The molecule has 3 rings (SSSR count). The van der Waals surface area contributed by atoms with E-state index in [1.807, 2.05) is 12.1 Å². The van der Waals surface area contributed by atoms with Gasteiger partial charge in [0.1, 0.15) is 13.2 Å². The number of halogens is 1. The van der Waals surface area contributed by atoms with E-state index >= 15 is 0 Å². The molecule has 1 aromatic carbocycles. The maximum Gasteiger partial charge on any atom is 0.220 e. The van der Waals surface area contributed by atoms with Gasteiger partial charge < -0.3 is 14.8 Å². The van der Waals surface area contributed by atoms with Crippen molar-refractivity contribution in [3.63, 3.8) is 0 Å². The molecule has 1 unspecified atom stereocenters. The minimum atomic E-state index is 0.150. The van der Waals surface area contributed by atoms with Crippen LogP contribution in [-0.2, 0) is 11.2 Å². The summed E-state index contributed by atoms with van der Waals surface area (Å²) < 4.78 is 12.1. The normalized spacial score (nSPS) is 21.8. The fraction of sp³-hybridized carbons (Fsp3) is 0.462. The van der Waals surface area contributed by atoms with Gasteiger partial charge in [-0.3, -0.25) is 4.79 Å². The van der Waals surface area contributed by atoms with E-state index in [4.69, 9.17) is 9.47 Å². The van der Waals surface area contributed by atoms with E-state index < -0.39 is 0 Å². The van der Waals surface area contributed by atoms with Crippen molar-refractivity contribution in [3.05, 3.63) is 22.2 Å². The first-order chi connectivity index (χ1) is 8.72. The SMILES string of the molecule is O=C1CCC(Cc2cc(Br)c3c(c2)OCCO3)N1. The number of carbonyl (C=O) groups excluding carboxylic acids is 1. The zero-order chi connectivity index (χ0) is 12.5. The number of rotatable bonds is 2. The first kappa shape index (κ1) is 11.8. The van der Waals surface area contributed by atoms with Gasteiger partial charge in [-0.2, -0.15) is 0 Å². The molecule has 1 fully saturated rings. The first-order valence-electron chi connectivity index (χ1n) is 6.10. The monoisotopic (exact) mass is 311 g/mol. The van der Waals surface area contributed by atoms with Crippen molar-refractivity contribution >= 4 is 21.8 Å². The highest BCUT2D eigenvalue weighted by Gasteiger charge is 2.22. The van der Waals surface area contributed by atoms with Gasteiger partial charge in [-0.25, -0.2) is 0 Å². The van der Waals surface area contributed by atoms with E-state index in [2.05, 4.69) is 21.2 Å². The van der Waals surface area contributed by atoms with Crippen molar-refractivity contribution in [2.75, 3.05) is 13.2 Å². The van der Waals surface area contributed by atoms with Crippen LogP contribution >= 0.6 is 15.9 Å². The Morgan fingerprint density at radius 2 is 2.17 bits per heavy atom. The van der Waals surface area contributed by atoms with Gasteiger partial charge >= 0.3 is 0 Å². The van der Waals surface area contributed by atoms with Crippen molar-refractivity contribution in [3.8, 4) is 11.5 Å². The Labute approximate surface area is 114 Å². The molecule has 0 aromatic heterocycles. The van der Waals surface area contributed by atoms with Gasteiger partial charge in [-0.1, -0.05) is 0 Å². The standard InChI is InChI=1S/C13H14BrNO3/c14-10-6-8(5-9-1-2-12(16)15-9)7-11-13(10)18-4-3-17-11/h6-7,9H,1-5H2,(H,15,16). The van der Waals surface area contributed by atoms with Crippen molar-refractivity contribution in [1.82, 2.24) is 5.32 Å². The third kappa shape index (κ3) is 2.32. The number of benzene rings is 1. The molecule has 0 aliphatic carbocycles. The second kappa shape index (κ2) is 4.80. The van der Waals surface area contributed by atoms with Crippen LogP contribution in [0.5, 0.6) is 11.5 Å². The highest BCUT2D eigenvalue weighted by atomic mass is 79.9. The van der Waals surface area contributed by atoms with Gasteiger partial charge in [0.25, 0.3) is 0 Å². The molecule has 1 N–H and O–H groups in total. The number of fused-ring (bicyclic) bond motifs is 1. The smallest absolute Gasteiger partial charge is 0.220 e. The molecule has 18 heavy (non-hydrogen) atoms. The lowest BCUT2D eigenvalue weighted by Crippen LogP contribution is -2.27. The lowest BCUT2D eigenvalue weighted by molar-refractivity contribution is -0.119. The average molecular weight is 312 g/mol. The third-order valence-corrected chi connectivity index (χ3v) is 3.81. The summed E-state index contributed by atoms with van der Waals surface area (Å²) in [7, 11) is 0. The molecule has 1 aromatic rings. The number of nitrogens with one attached hydrogen (secondary N) is 1. The lowest BCUT2D eigenvalue weighted by Gasteiger charge is -2.21. The highest BCUT2D eigenvalue weighted by Crippen LogP contribution is 2.38. The molecular weight excluding hydrogens is 298 g/mol. The summed E-state index contributed by atoms with van der Waals surface area (Å²) in [5, 5.41) is 2.98. The zero-order valence-electron chi connectivity index (χ0n) is 9.87. The molecule has 5 heteroatoms. The molecule has 0 spiro atoms. The van der Waals surface area contributed by atoms with Gasteiger partial charge in [0.2, 0.25) is 5.91 Å². The van der Waals surface area contributed by atoms with E-state index in [1.54, 1.807) is 0 Å². The summed E-state index contributed by atoms with van der Waals surface area (Å²) in [6.45, 7) is 1.17. The summed E-state index contributed by atoms with van der Waals surface area (Å²) in [6, 6.07) is 4.29. The van der Waals surface area contributed by atoms with Crippen LogP contribution in [0.4, 0.5) is 0 Å². The average Bonchev–Trinajstić information content (AvgIpc) is 2.75. The minimum absolute atomic E-state index is 0.150. The number of amides is 1. The quantitative estimate of drug-likeness (QED) is 0.909. The van der Waals surface area contributed by atoms with Crippen molar-refractivity contribution in [2.24, 2.45) is 0 Å². The number of hydrogen-bond acceptors (Lipinski definition) is 3. The van der Waals surface area contributed by atoms with Crippen LogP contribution in [-0.4, -0.2) is 25.2 Å². The molecular formula is C13H14BrNO3. The van der Waals surface area contributed by atoms with Crippen LogP contribution in [0.2, 0.25) is 0 Å². The molecule has 1 atom stereocenters. The van der Waals surface area contributed by atoms with Gasteiger partial charge in [0.05, 0.1) is 4.47 Å². The zero-order valence-corrected chi connectivity index (χ0v) is 11.5. The van der Waals surface area contributed by atoms with Crippen LogP contribution in [0, 0.1) is 0 Å². The van der Waals surface area contributed by atoms with Crippen molar-refractivity contribution in [1.29, 1.82) is 0 Å². The number of ether oxygens (including phenoxy) is 2. The first-order valence-corrected chi connectivity index (χ1v) is 6.89. The van der Waals surface area contributed by atoms with Crippen LogP contribution in [0.1, 0.15) is 18.4 Å². The fourth-order valence-electron chi connectivity index (χ4n) is 2.40. The van der Waals surface area contributed by atoms with E-state index in [9.17, 15) is 4.79 Å². The summed E-state index contributed by atoms with van der Waals surface area (Å²) in [4.78, 5) is 11.2. The second-order valence-corrected chi connectivity index (χ2v) is 5.46. The summed E-state index contributed by atoms with van der Waals surface area (Å²) in [5.41, 5.74) is 1.15. The maximum atomic E-state index is 11.2. The topological polar surface area (TPSA) is 47.6 Å². The Balaban J connectivity index is 1.80. The van der Waals surface area contributed by atoms with Crippen molar-refractivity contribution < 1.29 is 14.3 Å². The maximum absolute atomic E-state index is 11.2. The molecule has 0 radical (unpaired) electrons. The summed E-state index contributed by atoms with van der Waals surface area (Å²) in [5.74, 6) is 1.71. The van der Waals surface area contributed by atoms with E-state index in [0.717, 1.165) is 34.4 Å². The van der Waals surface area contributed by atoms with Crippen LogP contribution in [0.15, 0.2) is 16.6 Å². The molecule has 4 nitrogen and oxygen atoms in total. The van der Waals surface area contributed by atoms with Crippen LogP contribution < -0.4 is 14.8 Å². The predicted molar refractivity (Wildman–Crippen MR) is 70.0 cm³/mol. The number of carbonyl (C=O) groups is 1. The Morgan fingerprint density at radius 3 is 2.94 bits per heavy atom. The van der Waals surface area contributed by atoms with Gasteiger partial charge in [-0.05, 0) is 46.5 Å². The largest absolute Gasteiger partial charge is 0.486 e. The Bertz CT molecular complexity index is 489. The Kier molecular flexibility index (Phi) is 3.16. The molecule has 0 saturated carbocycles. The third-order valence-electron chi connectivity index (χ3n) is 3.22. The Morgan fingerprint density at radius 1 is 1.33 bits per heavy atom. The molecule has 2 heterocycles. The van der Waals surface area contributed by atoms with E-state index in [0.29, 0.717) is 19.6 Å². The Hall–Kier alpha value is -1.23. The second-order valence-electron chi connectivity index (χ2n) is 4.61. The van der Waals surface area contributed by atoms with Crippen molar-refractivity contribution in [2.45, 2.75) is 25.3 Å². The lowest BCUT2D eigenvalue weighted by atomic mass is 10.0. The summed E-state index contributed by atoms with van der Waals surface area (Å²) in [6.07, 6.45) is 2.38. The predicted octanol–water partition coefficient (Wildman–Crippen LogP) is 2.04. The molecule has 2 aliphatic rings.